The van der Waals surface area contributed by atoms with Crippen molar-refractivity contribution < 1.29 is 29.5 Å². The van der Waals surface area contributed by atoms with Crippen molar-refractivity contribution in [2.75, 3.05) is 13.7 Å². The molecular formula is C19H25BN4O6. The van der Waals surface area contributed by atoms with Gasteiger partial charge in [-0.1, -0.05) is 12.1 Å². The number of phenolic OH excluding ortho intramolecular Hbond substituents is 1. The molecule has 2 rings (SSSR count). The Morgan fingerprint density at radius 2 is 1.90 bits per heavy atom. The van der Waals surface area contributed by atoms with Crippen LogP contribution in [-0.4, -0.2) is 69.8 Å². The van der Waals surface area contributed by atoms with E-state index in [2.05, 4.69) is 20.6 Å². The van der Waals surface area contributed by atoms with E-state index in [9.17, 15) is 24.7 Å². The largest absolute Gasteiger partial charge is 0.508 e. The SMILES string of the molecule is COCC(NC(=O)c1cnccn1)C(=O)NC(CCCc1ccc(O)cc1)B(O)O. The number of methoxy groups -OCH3 is 1. The topological polar surface area (TPSA) is 154 Å². The number of amides is 2. The van der Waals surface area contributed by atoms with Crippen LogP contribution in [0.3, 0.4) is 0 Å². The van der Waals surface area contributed by atoms with Gasteiger partial charge in [0, 0.05) is 19.5 Å². The second-order valence-electron chi connectivity index (χ2n) is 6.66. The zero-order chi connectivity index (χ0) is 21.9. The van der Waals surface area contributed by atoms with E-state index >= 15 is 0 Å². The number of phenols is 1. The molecule has 1 aromatic heterocycles. The number of hydrogen-bond donors (Lipinski definition) is 5. The zero-order valence-electron chi connectivity index (χ0n) is 16.6. The minimum atomic E-state index is -1.77. The summed E-state index contributed by atoms with van der Waals surface area (Å²) in [6.07, 6.45) is 5.52. The monoisotopic (exact) mass is 416 g/mol. The number of aryl methyl sites for hydroxylation is 1. The molecular weight excluding hydrogens is 391 g/mol. The van der Waals surface area contributed by atoms with Crippen LogP contribution in [0.15, 0.2) is 42.9 Å². The van der Waals surface area contributed by atoms with Crippen LogP contribution in [0, 0.1) is 0 Å². The van der Waals surface area contributed by atoms with E-state index < -0.39 is 30.9 Å². The Labute approximate surface area is 174 Å². The molecule has 0 spiro atoms. The van der Waals surface area contributed by atoms with Crippen LogP contribution >= 0.6 is 0 Å². The Hall–Kier alpha value is -3.02. The van der Waals surface area contributed by atoms with Gasteiger partial charge >= 0.3 is 7.12 Å². The Balaban J connectivity index is 1.92. The second-order valence-corrected chi connectivity index (χ2v) is 6.66. The molecule has 2 aromatic rings. The fraction of sp³-hybridized carbons (Fsp3) is 0.368. The van der Waals surface area contributed by atoms with Crippen LogP contribution in [-0.2, 0) is 16.0 Å². The predicted octanol–water partition coefficient (Wildman–Crippen LogP) is -0.553. The highest BCUT2D eigenvalue weighted by molar-refractivity contribution is 6.43. The number of ether oxygens (including phenoxy) is 1. The first-order valence-corrected chi connectivity index (χ1v) is 9.41. The van der Waals surface area contributed by atoms with Gasteiger partial charge in [-0.3, -0.25) is 14.6 Å². The van der Waals surface area contributed by atoms with E-state index in [1.54, 1.807) is 24.3 Å². The van der Waals surface area contributed by atoms with Gasteiger partial charge in [-0.05, 0) is 37.0 Å². The first-order valence-electron chi connectivity index (χ1n) is 9.41. The third kappa shape index (κ3) is 7.43. The maximum atomic E-state index is 12.6. The van der Waals surface area contributed by atoms with E-state index in [1.807, 2.05) is 0 Å². The predicted molar refractivity (Wildman–Crippen MR) is 108 cm³/mol. The van der Waals surface area contributed by atoms with Gasteiger partial charge in [0.25, 0.3) is 5.91 Å². The summed E-state index contributed by atoms with van der Waals surface area (Å²) in [5.41, 5.74) is 1.01. The Bertz CT molecular complexity index is 806. The van der Waals surface area contributed by atoms with Crippen molar-refractivity contribution in [2.45, 2.75) is 31.2 Å². The number of nitrogens with zero attached hydrogens (tertiary/aromatic N) is 2. The number of benzene rings is 1. The Morgan fingerprint density at radius 3 is 2.50 bits per heavy atom. The van der Waals surface area contributed by atoms with Crippen molar-refractivity contribution in [1.82, 2.24) is 20.6 Å². The molecule has 30 heavy (non-hydrogen) atoms. The van der Waals surface area contributed by atoms with Gasteiger partial charge < -0.3 is 30.5 Å². The van der Waals surface area contributed by atoms with Crippen molar-refractivity contribution in [3.8, 4) is 5.75 Å². The van der Waals surface area contributed by atoms with Crippen molar-refractivity contribution in [2.24, 2.45) is 0 Å². The molecule has 10 nitrogen and oxygen atoms in total. The molecule has 0 radical (unpaired) electrons. The highest BCUT2D eigenvalue weighted by Gasteiger charge is 2.29. The van der Waals surface area contributed by atoms with Crippen molar-refractivity contribution in [3.63, 3.8) is 0 Å². The summed E-state index contributed by atoms with van der Waals surface area (Å²) in [7, 11) is -0.391. The van der Waals surface area contributed by atoms with Crippen LogP contribution < -0.4 is 10.6 Å². The van der Waals surface area contributed by atoms with E-state index in [0.29, 0.717) is 19.3 Å². The van der Waals surface area contributed by atoms with Crippen molar-refractivity contribution in [1.29, 1.82) is 0 Å². The highest BCUT2D eigenvalue weighted by atomic mass is 16.5. The molecule has 2 atom stereocenters. The summed E-state index contributed by atoms with van der Waals surface area (Å²) < 4.78 is 5.00. The molecule has 2 unspecified atom stereocenters. The maximum Gasteiger partial charge on any atom is 0.475 e. The van der Waals surface area contributed by atoms with Gasteiger partial charge in [-0.2, -0.15) is 0 Å². The van der Waals surface area contributed by atoms with E-state index in [-0.39, 0.29) is 18.1 Å². The lowest BCUT2D eigenvalue weighted by molar-refractivity contribution is -0.124. The second kappa shape index (κ2) is 11.9. The molecule has 0 bridgehead atoms. The van der Waals surface area contributed by atoms with Gasteiger partial charge in [0.15, 0.2) is 0 Å². The summed E-state index contributed by atoms with van der Waals surface area (Å²) in [6.45, 7) is -0.112. The standard InChI is InChI=1S/C19H25BN4O6/c1-30-12-16(23-18(26)15-11-21-9-10-22-15)19(27)24-17(20(28)29)4-2-3-13-5-7-14(25)8-6-13/h5-11,16-17,25,28-29H,2-4,12H2,1H3,(H,23,26)(H,24,27). The van der Waals surface area contributed by atoms with Crippen LogP contribution in [0.5, 0.6) is 5.75 Å². The lowest BCUT2D eigenvalue weighted by atomic mass is 9.76. The minimum Gasteiger partial charge on any atom is -0.508 e. The van der Waals surface area contributed by atoms with Crippen LogP contribution in [0.2, 0.25) is 0 Å². The third-order valence-corrected chi connectivity index (χ3v) is 4.36. The number of aromatic nitrogens is 2. The number of aromatic hydroxyl groups is 1. The van der Waals surface area contributed by atoms with Gasteiger partial charge in [0.1, 0.15) is 17.5 Å². The molecule has 0 saturated carbocycles. The lowest BCUT2D eigenvalue weighted by Gasteiger charge is -2.22. The van der Waals surface area contributed by atoms with Crippen LogP contribution in [0.25, 0.3) is 0 Å². The highest BCUT2D eigenvalue weighted by Crippen LogP contribution is 2.13. The summed E-state index contributed by atoms with van der Waals surface area (Å²) in [5, 5.41) is 33.6. The molecule has 0 aliphatic carbocycles. The fourth-order valence-electron chi connectivity index (χ4n) is 2.77. The first-order chi connectivity index (χ1) is 14.4. The average molecular weight is 416 g/mol. The average Bonchev–Trinajstić information content (AvgIpc) is 2.74. The zero-order valence-corrected chi connectivity index (χ0v) is 16.6. The summed E-state index contributed by atoms with van der Waals surface area (Å²) in [5.74, 6) is -1.98. The minimum absolute atomic E-state index is 0.0408. The van der Waals surface area contributed by atoms with Crippen molar-refractivity contribution in [3.05, 3.63) is 54.1 Å². The maximum absolute atomic E-state index is 12.6. The van der Waals surface area contributed by atoms with E-state index in [1.165, 1.54) is 25.7 Å². The number of hydrogen-bond acceptors (Lipinski definition) is 8. The summed E-state index contributed by atoms with van der Waals surface area (Å²) >= 11 is 0. The smallest absolute Gasteiger partial charge is 0.475 e. The third-order valence-electron chi connectivity index (χ3n) is 4.36. The molecule has 11 heteroatoms. The van der Waals surface area contributed by atoms with Gasteiger partial charge in [0.05, 0.1) is 18.7 Å². The molecule has 0 saturated heterocycles. The van der Waals surface area contributed by atoms with Crippen LogP contribution in [0.1, 0.15) is 28.9 Å². The molecule has 5 N–H and O–H groups in total. The fourth-order valence-corrected chi connectivity index (χ4v) is 2.77. The number of nitrogens with one attached hydrogen (secondary N) is 2. The summed E-state index contributed by atoms with van der Waals surface area (Å²) in [6, 6.07) is 5.64. The van der Waals surface area contributed by atoms with Gasteiger partial charge in [-0.15, -0.1) is 0 Å². The van der Waals surface area contributed by atoms with E-state index in [0.717, 1.165) is 5.56 Å². The Kier molecular flexibility index (Phi) is 9.20. The molecule has 1 aromatic carbocycles. The quantitative estimate of drug-likeness (QED) is 0.306. The van der Waals surface area contributed by atoms with Crippen molar-refractivity contribution >= 4 is 18.9 Å². The molecule has 0 fully saturated rings. The molecule has 160 valence electrons. The van der Waals surface area contributed by atoms with E-state index in [4.69, 9.17) is 4.74 Å². The molecule has 0 aliphatic rings. The number of rotatable bonds is 11. The summed E-state index contributed by atoms with van der Waals surface area (Å²) in [4.78, 5) is 32.5. The van der Waals surface area contributed by atoms with Crippen LogP contribution in [0.4, 0.5) is 0 Å². The lowest BCUT2D eigenvalue weighted by Crippen LogP contribution is -2.55. The molecule has 1 heterocycles. The number of carbonyl (C=O) groups is 2. The first kappa shape index (κ1) is 23.3. The van der Waals surface area contributed by atoms with Gasteiger partial charge in [0.2, 0.25) is 5.91 Å². The number of carbonyl (C=O) groups excluding carboxylic acids is 2. The molecule has 0 aliphatic heterocycles. The van der Waals surface area contributed by atoms with Gasteiger partial charge in [-0.25, -0.2) is 4.98 Å². The Morgan fingerprint density at radius 1 is 1.17 bits per heavy atom. The molecule has 2 amide bonds. The normalized spacial score (nSPS) is 12.6.